The molecule has 1 aliphatic rings. The van der Waals surface area contributed by atoms with Gasteiger partial charge in [-0.15, -0.1) is 0 Å². The number of carbonyl (C=O) groups excluding carboxylic acids is 1. The SMILES string of the molecule is CC1CCN(CC(O)Cn2c(CC(=O)NCc3ccc(Cl)cc3)nc3ccccc32)CC1. The summed E-state index contributed by atoms with van der Waals surface area (Å²) in [6.07, 6.45) is 2.01. The highest BCUT2D eigenvalue weighted by atomic mass is 35.5. The van der Waals surface area contributed by atoms with E-state index in [4.69, 9.17) is 11.6 Å². The number of rotatable bonds is 8. The molecule has 0 radical (unpaired) electrons. The molecule has 1 amide bonds. The maximum atomic E-state index is 12.7. The first-order valence-corrected chi connectivity index (χ1v) is 11.7. The maximum absolute atomic E-state index is 12.7. The van der Waals surface area contributed by atoms with Crippen LogP contribution in [0.1, 0.15) is 31.2 Å². The topological polar surface area (TPSA) is 70.4 Å². The Kier molecular flexibility index (Phi) is 7.45. The summed E-state index contributed by atoms with van der Waals surface area (Å²) in [5, 5.41) is 14.5. The number of carbonyl (C=O) groups is 1. The highest BCUT2D eigenvalue weighted by Gasteiger charge is 2.21. The molecule has 6 nitrogen and oxygen atoms in total. The van der Waals surface area contributed by atoms with Crippen molar-refractivity contribution in [1.82, 2.24) is 19.8 Å². The molecule has 0 spiro atoms. The van der Waals surface area contributed by atoms with Gasteiger partial charge in [0.05, 0.1) is 30.1 Å². The van der Waals surface area contributed by atoms with Crippen molar-refractivity contribution >= 4 is 28.5 Å². The fourth-order valence-electron chi connectivity index (χ4n) is 4.28. The lowest BCUT2D eigenvalue weighted by atomic mass is 9.99. The van der Waals surface area contributed by atoms with Gasteiger partial charge in [-0.3, -0.25) is 4.79 Å². The number of imidazole rings is 1. The molecule has 2 N–H and O–H groups in total. The molecule has 1 saturated heterocycles. The third-order valence-corrected chi connectivity index (χ3v) is 6.45. The number of fused-ring (bicyclic) bond motifs is 1. The van der Waals surface area contributed by atoms with E-state index in [1.165, 1.54) is 12.8 Å². The summed E-state index contributed by atoms with van der Waals surface area (Å²) in [6.45, 7) is 5.85. The lowest BCUT2D eigenvalue weighted by Crippen LogP contribution is -2.40. The summed E-state index contributed by atoms with van der Waals surface area (Å²) in [4.78, 5) is 19.7. The molecular formula is C25H31ClN4O2. The molecule has 3 aromatic rings. The van der Waals surface area contributed by atoms with Crippen molar-refractivity contribution < 1.29 is 9.90 Å². The van der Waals surface area contributed by atoms with Crippen LogP contribution in [0.3, 0.4) is 0 Å². The minimum atomic E-state index is -0.517. The van der Waals surface area contributed by atoms with Crippen molar-refractivity contribution in [3.8, 4) is 0 Å². The maximum Gasteiger partial charge on any atom is 0.227 e. The van der Waals surface area contributed by atoms with Gasteiger partial charge in [0.1, 0.15) is 5.82 Å². The predicted molar refractivity (Wildman–Crippen MR) is 128 cm³/mol. The second-order valence-electron chi connectivity index (χ2n) is 8.84. The lowest BCUT2D eigenvalue weighted by Gasteiger charge is -2.31. The molecule has 1 aliphatic heterocycles. The van der Waals surface area contributed by atoms with Crippen LogP contribution in [0, 0.1) is 5.92 Å². The van der Waals surface area contributed by atoms with E-state index >= 15 is 0 Å². The number of para-hydroxylation sites is 2. The minimum absolute atomic E-state index is 0.101. The van der Waals surface area contributed by atoms with Gasteiger partial charge in [0.25, 0.3) is 0 Å². The van der Waals surface area contributed by atoms with Crippen LogP contribution in [0.25, 0.3) is 11.0 Å². The van der Waals surface area contributed by atoms with Gasteiger partial charge in [0.2, 0.25) is 5.91 Å². The first kappa shape index (κ1) is 22.8. The van der Waals surface area contributed by atoms with Crippen LogP contribution in [-0.4, -0.2) is 51.2 Å². The standard InChI is InChI=1S/C25H31ClN4O2/c1-18-10-12-29(13-11-18)16-21(31)17-30-23-5-3-2-4-22(23)28-24(30)14-25(32)27-15-19-6-8-20(26)9-7-19/h2-9,18,21,31H,10-17H2,1H3,(H,27,32). The Balaban J connectivity index is 1.42. The van der Waals surface area contributed by atoms with Crippen molar-refractivity contribution in [1.29, 1.82) is 0 Å². The second kappa shape index (κ2) is 10.5. The molecule has 1 fully saturated rings. The van der Waals surface area contributed by atoms with Gasteiger partial charge in [-0.05, 0) is 61.7 Å². The van der Waals surface area contributed by atoms with E-state index in [0.717, 1.165) is 35.6 Å². The zero-order valence-corrected chi connectivity index (χ0v) is 19.3. The summed E-state index contributed by atoms with van der Waals surface area (Å²) in [7, 11) is 0. The van der Waals surface area contributed by atoms with E-state index in [0.29, 0.717) is 30.5 Å². The highest BCUT2D eigenvalue weighted by molar-refractivity contribution is 6.30. The number of piperidine rings is 1. The van der Waals surface area contributed by atoms with E-state index in [1.807, 2.05) is 53.1 Å². The number of amides is 1. The number of hydrogen-bond acceptors (Lipinski definition) is 4. The normalized spacial score (nSPS) is 16.3. The molecule has 0 saturated carbocycles. The number of nitrogens with zero attached hydrogens (tertiary/aromatic N) is 3. The molecule has 2 heterocycles. The smallest absolute Gasteiger partial charge is 0.227 e. The largest absolute Gasteiger partial charge is 0.390 e. The predicted octanol–water partition coefficient (Wildman–Crippen LogP) is 3.64. The average molecular weight is 455 g/mol. The summed E-state index contributed by atoms with van der Waals surface area (Å²) in [5.41, 5.74) is 2.77. The molecule has 1 atom stereocenters. The van der Waals surface area contributed by atoms with Crippen LogP contribution < -0.4 is 5.32 Å². The average Bonchev–Trinajstić information content (AvgIpc) is 3.12. The third kappa shape index (κ3) is 5.88. The Labute approximate surface area is 194 Å². The van der Waals surface area contributed by atoms with E-state index in [1.54, 1.807) is 0 Å². The van der Waals surface area contributed by atoms with Gasteiger partial charge in [0.15, 0.2) is 0 Å². The Morgan fingerprint density at radius 1 is 1.16 bits per heavy atom. The van der Waals surface area contributed by atoms with E-state index in [2.05, 4.69) is 22.1 Å². The zero-order valence-electron chi connectivity index (χ0n) is 18.5. The van der Waals surface area contributed by atoms with Crippen LogP contribution >= 0.6 is 11.6 Å². The number of benzene rings is 2. The molecule has 32 heavy (non-hydrogen) atoms. The van der Waals surface area contributed by atoms with Gasteiger partial charge < -0.3 is 19.9 Å². The molecule has 1 unspecified atom stereocenters. The molecule has 170 valence electrons. The van der Waals surface area contributed by atoms with Crippen molar-refractivity contribution in [3.63, 3.8) is 0 Å². The summed E-state index contributed by atoms with van der Waals surface area (Å²) in [6, 6.07) is 15.3. The number of likely N-dealkylation sites (tertiary alicyclic amines) is 1. The summed E-state index contributed by atoms with van der Waals surface area (Å²) >= 11 is 5.93. The number of nitrogens with one attached hydrogen (secondary N) is 1. The second-order valence-corrected chi connectivity index (χ2v) is 9.28. The Morgan fingerprint density at radius 3 is 2.62 bits per heavy atom. The minimum Gasteiger partial charge on any atom is -0.390 e. The van der Waals surface area contributed by atoms with Crippen LogP contribution in [0.4, 0.5) is 0 Å². The van der Waals surface area contributed by atoms with Crippen molar-refractivity contribution in [2.75, 3.05) is 19.6 Å². The van der Waals surface area contributed by atoms with Gasteiger partial charge in [-0.2, -0.15) is 0 Å². The van der Waals surface area contributed by atoms with Crippen LogP contribution in [0.15, 0.2) is 48.5 Å². The van der Waals surface area contributed by atoms with Gasteiger partial charge in [-0.25, -0.2) is 4.98 Å². The number of aliphatic hydroxyl groups excluding tert-OH is 1. The molecule has 4 rings (SSSR count). The van der Waals surface area contributed by atoms with Gasteiger partial charge >= 0.3 is 0 Å². The van der Waals surface area contributed by atoms with E-state index in [9.17, 15) is 9.90 Å². The highest BCUT2D eigenvalue weighted by Crippen LogP contribution is 2.19. The van der Waals surface area contributed by atoms with Crippen LogP contribution in [-0.2, 0) is 24.3 Å². The van der Waals surface area contributed by atoms with Crippen molar-refractivity contribution in [3.05, 3.63) is 64.9 Å². The van der Waals surface area contributed by atoms with E-state index < -0.39 is 6.10 Å². The molecule has 0 bridgehead atoms. The lowest BCUT2D eigenvalue weighted by molar-refractivity contribution is -0.120. The number of hydrogen-bond donors (Lipinski definition) is 2. The zero-order chi connectivity index (χ0) is 22.5. The molecule has 2 aromatic carbocycles. The number of β-amino-alcohol motifs (C(OH)–C–C–N with tert-alkyl or cyclic N) is 1. The molecule has 7 heteroatoms. The van der Waals surface area contributed by atoms with Crippen molar-refractivity contribution in [2.45, 2.75) is 45.4 Å². The van der Waals surface area contributed by atoms with Gasteiger partial charge in [0, 0.05) is 18.1 Å². The van der Waals surface area contributed by atoms with Crippen LogP contribution in [0.2, 0.25) is 5.02 Å². The number of aliphatic hydroxyl groups is 1. The summed E-state index contributed by atoms with van der Waals surface area (Å²) < 4.78 is 1.99. The molecule has 0 aliphatic carbocycles. The Hall–Kier alpha value is -2.41. The first-order valence-electron chi connectivity index (χ1n) is 11.3. The number of halogens is 1. The van der Waals surface area contributed by atoms with Gasteiger partial charge in [-0.1, -0.05) is 42.8 Å². The number of aromatic nitrogens is 2. The molecule has 1 aromatic heterocycles. The quantitative estimate of drug-likeness (QED) is 0.545. The summed E-state index contributed by atoms with van der Waals surface area (Å²) in [5.74, 6) is 1.33. The fraction of sp³-hybridized carbons (Fsp3) is 0.440. The molecular weight excluding hydrogens is 424 g/mol. The Bertz CT molecular complexity index is 1040. The fourth-order valence-corrected chi connectivity index (χ4v) is 4.41. The van der Waals surface area contributed by atoms with Crippen LogP contribution in [0.5, 0.6) is 0 Å². The van der Waals surface area contributed by atoms with Crippen molar-refractivity contribution in [2.24, 2.45) is 5.92 Å². The third-order valence-electron chi connectivity index (χ3n) is 6.19. The van der Waals surface area contributed by atoms with E-state index in [-0.39, 0.29) is 12.3 Å². The first-order chi connectivity index (χ1) is 15.5. The monoisotopic (exact) mass is 454 g/mol. The Morgan fingerprint density at radius 2 is 1.88 bits per heavy atom.